The predicted molar refractivity (Wildman–Crippen MR) is 195 cm³/mol. The third-order valence-electron chi connectivity index (χ3n) is 9.40. The summed E-state index contributed by atoms with van der Waals surface area (Å²) >= 11 is 0. The number of nitrogens with zero attached hydrogens (tertiary/aromatic N) is 4. The van der Waals surface area contributed by atoms with E-state index in [0.717, 1.165) is 55.4 Å². The van der Waals surface area contributed by atoms with Crippen LogP contribution in [0.4, 0.5) is 0 Å². The quantitative estimate of drug-likeness (QED) is 0.199. The molecule has 0 spiro atoms. The predicted octanol–water partition coefficient (Wildman–Crippen LogP) is 11.0. The van der Waals surface area contributed by atoms with Crippen LogP contribution in [0.5, 0.6) is 0 Å². The standard InChI is InChI=1S/C44H26N4/c45-27-29-17-23-33(31-19-21-32(22-20-31)47-40-13-5-1-9-34(40)35-10-2-6-14-41(35)47)39(25-29)38-24-18-30(28-46)26-44(38)48-42-15-7-3-11-36(42)37-12-4-8-16-43(37)48/h1-26H. The summed E-state index contributed by atoms with van der Waals surface area (Å²) in [4.78, 5) is 0. The third-order valence-corrected chi connectivity index (χ3v) is 9.40. The number of fused-ring (bicyclic) bond motifs is 6. The zero-order chi connectivity index (χ0) is 32.2. The van der Waals surface area contributed by atoms with Crippen LogP contribution in [0.1, 0.15) is 11.1 Å². The van der Waals surface area contributed by atoms with Crippen LogP contribution in [-0.4, -0.2) is 9.13 Å². The molecule has 48 heavy (non-hydrogen) atoms. The fourth-order valence-electron chi connectivity index (χ4n) is 7.28. The van der Waals surface area contributed by atoms with Gasteiger partial charge in [0.25, 0.3) is 0 Å². The Labute approximate surface area is 277 Å². The van der Waals surface area contributed by atoms with Crippen LogP contribution >= 0.6 is 0 Å². The minimum absolute atomic E-state index is 0.573. The van der Waals surface area contributed by atoms with Gasteiger partial charge in [-0.15, -0.1) is 0 Å². The molecule has 0 N–H and O–H groups in total. The Kier molecular flexibility index (Phi) is 6.22. The zero-order valence-electron chi connectivity index (χ0n) is 25.8. The highest BCUT2D eigenvalue weighted by Gasteiger charge is 2.19. The summed E-state index contributed by atoms with van der Waals surface area (Å²) in [6.07, 6.45) is 0. The van der Waals surface area contributed by atoms with Gasteiger partial charge in [0.2, 0.25) is 0 Å². The van der Waals surface area contributed by atoms with Gasteiger partial charge in [0.05, 0.1) is 51.0 Å². The van der Waals surface area contributed by atoms with Crippen LogP contribution in [-0.2, 0) is 0 Å². The Bertz CT molecular complexity index is 2690. The molecule has 4 nitrogen and oxygen atoms in total. The van der Waals surface area contributed by atoms with E-state index in [-0.39, 0.29) is 0 Å². The lowest BCUT2D eigenvalue weighted by Gasteiger charge is -2.18. The first-order valence-electron chi connectivity index (χ1n) is 15.9. The van der Waals surface area contributed by atoms with Gasteiger partial charge in [-0.3, -0.25) is 0 Å². The highest BCUT2D eigenvalue weighted by Crippen LogP contribution is 2.41. The molecule has 7 aromatic carbocycles. The molecule has 0 aliphatic carbocycles. The average Bonchev–Trinajstić information content (AvgIpc) is 3.67. The van der Waals surface area contributed by atoms with E-state index in [1.54, 1.807) is 0 Å². The van der Waals surface area contributed by atoms with Gasteiger partial charge >= 0.3 is 0 Å². The summed E-state index contributed by atoms with van der Waals surface area (Å²) in [5.41, 5.74) is 11.5. The molecule has 9 rings (SSSR count). The van der Waals surface area contributed by atoms with E-state index in [1.807, 2.05) is 48.5 Å². The molecular formula is C44H26N4. The largest absolute Gasteiger partial charge is 0.309 e. The van der Waals surface area contributed by atoms with Gasteiger partial charge in [-0.2, -0.15) is 10.5 Å². The maximum atomic E-state index is 10.0. The van der Waals surface area contributed by atoms with Crippen molar-refractivity contribution in [3.8, 4) is 45.8 Å². The molecule has 0 aliphatic heterocycles. The van der Waals surface area contributed by atoms with E-state index in [9.17, 15) is 10.5 Å². The Morgan fingerprint density at radius 2 is 0.812 bits per heavy atom. The van der Waals surface area contributed by atoms with Crippen molar-refractivity contribution in [3.63, 3.8) is 0 Å². The van der Waals surface area contributed by atoms with Gasteiger partial charge in [-0.05, 0) is 77.4 Å². The molecule has 0 saturated carbocycles. The van der Waals surface area contributed by atoms with Crippen LogP contribution in [0.25, 0.3) is 77.2 Å². The number of benzene rings is 7. The number of nitriles is 2. The lowest BCUT2D eigenvalue weighted by atomic mass is 9.91. The second-order valence-electron chi connectivity index (χ2n) is 12.0. The molecule has 0 amide bonds. The van der Waals surface area contributed by atoms with Gasteiger partial charge in [0.1, 0.15) is 0 Å². The minimum Gasteiger partial charge on any atom is -0.309 e. The molecule has 0 radical (unpaired) electrons. The van der Waals surface area contributed by atoms with E-state index in [4.69, 9.17) is 0 Å². The molecule has 0 unspecified atom stereocenters. The fraction of sp³-hybridized carbons (Fsp3) is 0. The van der Waals surface area contributed by atoms with E-state index >= 15 is 0 Å². The summed E-state index contributed by atoms with van der Waals surface area (Å²) in [6, 6.07) is 58.9. The number of hydrogen-bond donors (Lipinski definition) is 0. The van der Waals surface area contributed by atoms with Crippen molar-refractivity contribution in [2.45, 2.75) is 0 Å². The Hall–Kier alpha value is -6.88. The van der Waals surface area contributed by atoms with Crippen molar-refractivity contribution in [3.05, 3.63) is 169 Å². The molecule has 0 bridgehead atoms. The molecular weight excluding hydrogens is 585 g/mol. The van der Waals surface area contributed by atoms with Crippen molar-refractivity contribution in [1.29, 1.82) is 10.5 Å². The first-order valence-corrected chi connectivity index (χ1v) is 15.9. The molecule has 0 fully saturated rings. The van der Waals surface area contributed by atoms with Crippen molar-refractivity contribution in [2.75, 3.05) is 0 Å². The summed E-state index contributed by atoms with van der Waals surface area (Å²) in [5.74, 6) is 0. The Morgan fingerprint density at radius 1 is 0.375 bits per heavy atom. The second-order valence-corrected chi connectivity index (χ2v) is 12.0. The van der Waals surface area contributed by atoms with E-state index in [0.29, 0.717) is 11.1 Å². The number of hydrogen-bond acceptors (Lipinski definition) is 2. The maximum Gasteiger partial charge on any atom is 0.0992 e. The summed E-state index contributed by atoms with van der Waals surface area (Å²) in [6.45, 7) is 0. The molecule has 2 aromatic heterocycles. The van der Waals surface area contributed by atoms with Crippen LogP contribution in [0.15, 0.2) is 158 Å². The number of para-hydroxylation sites is 4. The van der Waals surface area contributed by atoms with E-state index in [2.05, 4.69) is 130 Å². The van der Waals surface area contributed by atoms with Crippen LogP contribution in [0.2, 0.25) is 0 Å². The SMILES string of the molecule is N#Cc1ccc(-c2ccc(-n3c4ccccc4c4ccccc43)cc2)c(-c2ccc(C#N)cc2-n2c3ccccc3c3ccccc32)c1. The Balaban J connectivity index is 1.26. The molecule has 222 valence electrons. The minimum atomic E-state index is 0.573. The van der Waals surface area contributed by atoms with Crippen LogP contribution in [0.3, 0.4) is 0 Å². The lowest BCUT2D eigenvalue weighted by Crippen LogP contribution is -2.00. The monoisotopic (exact) mass is 610 g/mol. The van der Waals surface area contributed by atoms with Crippen molar-refractivity contribution in [2.24, 2.45) is 0 Å². The van der Waals surface area contributed by atoms with Crippen molar-refractivity contribution >= 4 is 43.6 Å². The van der Waals surface area contributed by atoms with Crippen LogP contribution in [0, 0.1) is 22.7 Å². The van der Waals surface area contributed by atoms with E-state index < -0.39 is 0 Å². The summed E-state index contributed by atoms with van der Waals surface area (Å²) in [7, 11) is 0. The fourth-order valence-corrected chi connectivity index (χ4v) is 7.28. The second kappa shape index (κ2) is 10.9. The molecule has 0 atom stereocenters. The molecule has 0 saturated heterocycles. The maximum absolute atomic E-state index is 10.0. The van der Waals surface area contributed by atoms with Crippen molar-refractivity contribution in [1.82, 2.24) is 9.13 Å². The van der Waals surface area contributed by atoms with Crippen molar-refractivity contribution < 1.29 is 0 Å². The normalized spacial score (nSPS) is 11.3. The summed E-state index contributed by atoms with van der Waals surface area (Å²) in [5, 5.41) is 24.7. The van der Waals surface area contributed by atoms with Gasteiger partial charge < -0.3 is 9.13 Å². The number of rotatable bonds is 4. The van der Waals surface area contributed by atoms with Gasteiger partial charge in [0.15, 0.2) is 0 Å². The first kappa shape index (κ1) is 27.4. The lowest BCUT2D eigenvalue weighted by molar-refractivity contribution is 1.18. The zero-order valence-corrected chi connectivity index (χ0v) is 25.8. The topological polar surface area (TPSA) is 57.4 Å². The smallest absolute Gasteiger partial charge is 0.0992 e. The highest BCUT2D eigenvalue weighted by molar-refractivity contribution is 6.10. The average molecular weight is 611 g/mol. The third kappa shape index (κ3) is 4.14. The van der Waals surface area contributed by atoms with Gasteiger partial charge in [-0.1, -0.05) is 97.1 Å². The Morgan fingerprint density at radius 3 is 1.31 bits per heavy atom. The number of aromatic nitrogens is 2. The first-order chi connectivity index (χ1) is 23.7. The summed E-state index contributed by atoms with van der Waals surface area (Å²) < 4.78 is 4.56. The molecule has 9 aromatic rings. The highest BCUT2D eigenvalue weighted by atomic mass is 15.0. The van der Waals surface area contributed by atoms with E-state index in [1.165, 1.54) is 21.8 Å². The molecule has 4 heteroatoms. The molecule has 0 aliphatic rings. The molecule has 2 heterocycles. The van der Waals surface area contributed by atoms with Crippen LogP contribution < -0.4 is 0 Å². The van der Waals surface area contributed by atoms with Gasteiger partial charge in [-0.25, -0.2) is 0 Å². The van der Waals surface area contributed by atoms with Gasteiger partial charge in [0, 0.05) is 32.8 Å².